The van der Waals surface area contributed by atoms with Crippen LogP contribution in [0.1, 0.15) is 51.8 Å². The molecule has 0 aliphatic carbocycles. The van der Waals surface area contributed by atoms with Crippen LogP contribution < -0.4 is 33.8 Å². The molecule has 2 heterocycles. The molecule has 0 fully saturated rings. The summed E-state index contributed by atoms with van der Waals surface area (Å²) < 4.78 is 30.5. The van der Waals surface area contributed by atoms with Gasteiger partial charge in [-0.3, -0.25) is 9.36 Å². The molecule has 1 atom stereocenters. The summed E-state index contributed by atoms with van der Waals surface area (Å²) in [6, 6.07) is 7.93. The third kappa shape index (κ3) is 7.09. The number of ether oxygens (including phenoxy) is 5. The number of aliphatic carboxylic acids is 1. The van der Waals surface area contributed by atoms with E-state index < -0.39 is 24.6 Å². The number of aromatic nitrogens is 1. The summed E-state index contributed by atoms with van der Waals surface area (Å²) in [6.45, 7) is 9.02. The number of thiazole rings is 1. The van der Waals surface area contributed by atoms with E-state index in [1.807, 2.05) is 36.4 Å². The van der Waals surface area contributed by atoms with Crippen LogP contribution in [0, 0.1) is 3.57 Å². The lowest BCUT2D eigenvalue weighted by Gasteiger charge is -2.25. The number of halogens is 1. The fraction of sp³-hybridized carbons (Fsp3) is 0.355. The molecule has 3 aromatic rings. The molecule has 0 radical (unpaired) electrons. The number of carbonyl (C=O) groups is 2. The molecular formula is C31H33IN2O9S. The zero-order valence-corrected chi connectivity index (χ0v) is 28.1. The third-order valence-corrected chi connectivity index (χ3v) is 8.14. The summed E-state index contributed by atoms with van der Waals surface area (Å²) in [4.78, 5) is 43.5. The minimum Gasteiger partial charge on any atom is -0.493 e. The first-order valence-electron chi connectivity index (χ1n) is 13.8. The number of esters is 1. The number of allylic oxidation sites excluding steroid dienone is 1. The molecule has 0 amide bonds. The number of hydrogen-bond donors (Lipinski definition) is 1. The maximum Gasteiger partial charge on any atom is 0.341 e. The smallest absolute Gasteiger partial charge is 0.341 e. The predicted octanol–water partition coefficient (Wildman–Crippen LogP) is 4.06. The van der Waals surface area contributed by atoms with Gasteiger partial charge in [0.1, 0.15) is 0 Å². The Morgan fingerprint density at radius 1 is 1.11 bits per heavy atom. The normalized spacial score (nSPS) is 14.6. The largest absolute Gasteiger partial charge is 0.493 e. The zero-order valence-electron chi connectivity index (χ0n) is 25.1. The molecule has 1 aliphatic heterocycles. The summed E-state index contributed by atoms with van der Waals surface area (Å²) in [5, 5.41) is 9.06. The van der Waals surface area contributed by atoms with Crippen LogP contribution in [0.25, 0.3) is 6.08 Å². The molecule has 2 aromatic carbocycles. The van der Waals surface area contributed by atoms with Crippen molar-refractivity contribution in [2.75, 3.05) is 26.9 Å². The second-order valence-corrected chi connectivity index (χ2v) is 12.0. The van der Waals surface area contributed by atoms with Gasteiger partial charge in [-0.2, -0.15) is 0 Å². The lowest BCUT2D eigenvalue weighted by molar-refractivity contribution is -0.140. The van der Waals surface area contributed by atoms with Crippen molar-refractivity contribution in [3.63, 3.8) is 0 Å². The van der Waals surface area contributed by atoms with Crippen LogP contribution in [0.15, 0.2) is 51.4 Å². The van der Waals surface area contributed by atoms with E-state index in [9.17, 15) is 14.4 Å². The molecule has 0 spiro atoms. The summed E-state index contributed by atoms with van der Waals surface area (Å²) >= 11 is 3.22. The molecule has 4 rings (SSSR count). The van der Waals surface area contributed by atoms with Gasteiger partial charge < -0.3 is 28.8 Å². The monoisotopic (exact) mass is 736 g/mol. The molecule has 11 nitrogen and oxygen atoms in total. The molecule has 13 heteroatoms. The van der Waals surface area contributed by atoms with Crippen molar-refractivity contribution in [1.82, 2.24) is 4.57 Å². The first kappa shape index (κ1) is 33.1. The molecule has 0 unspecified atom stereocenters. The van der Waals surface area contributed by atoms with Crippen LogP contribution in [-0.2, 0) is 14.3 Å². The standard InChI is InChI=1S/C31H33IN2O9S/c1-7-40-23-12-18(11-20(32)28(23)42-15-25(35)36)13-24-29(37)34-27(19-9-10-21(43-16(3)4)22(14-19)39-6)26(30(38)41-8-2)17(5)33-31(34)44-24/h9-14,16,27H,7-8,15H2,1-6H3,(H,35,36)/b24-13-/t27-/m1/s1. The van der Waals surface area contributed by atoms with Crippen LogP contribution >= 0.6 is 33.9 Å². The Hall–Kier alpha value is -3.85. The van der Waals surface area contributed by atoms with Crippen molar-refractivity contribution in [1.29, 1.82) is 0 Å². The van der Waals surface area contributed by atoms with Crippen LogP contribution in [0.3, 0.4) is 0 Å². The highest BCUT2D eigenvalue weighted by Crippen LogP contribution is 2.37. The molecule has 234 valence electrons. The average Bonchev–Trinajstić information content (AvgIpc) is 3.25. The number of rotatable bonds is 12. The van der Waals surface area contributed by atoms with E-state index in [4.69, 9.17) is 28.8 Å². The highest BCUT2D eigenvalue weighted by atomic mass is 127. The number of benzene rings is 2. The van der Waals surface area contributed by atoms with Crippen molar-refractivity contribution in [3.8, 4) is 23.0 Å². The number of nitrogens with zero attached hydrogens (tertiary/aromatic N) is 2. The molecule has 0 bridgehead atoms. The number of carboxylic acid groups (broad SMARTS) is 1. The van der Waals surface area contributed by atoms with E-state index in [0.717, 1.165) is 0 Å². The van der Waals surface area contributed by atoms with Gasteiger partial charge in [0, 0.05) is 0 Å². The van der Waals surface area contributed by atoms with E-state index in [1.54, 1.807) is 57.2 Å². The van der Waals surface area contributed by atoms with Crippen molar-refractivity contribution >= 4 is 51.9 Å². The molecular weight excluding hydrogens is 703 g/mol. The number of carbonyl (C=O) groups excluding carboxylic acids is 1. The van der Waals surface area contributed by atoms with E-state index in [1.165, 1.54) is 23.0 Å². The van der Waals surface area contributed by atoms with Gasteiger partial charge in [0.15, 0.2) is 34.4 Å². The Morgan fingerprint density at radius 3 is 2.50 bits per heavy atom. The Morgan fingerprint density at radius 2 is 1.86 bits per heavy atom. The summed E-state index contributed by atoms with van der Waals surface area (Å²) in [6.07, 6.45) is 1.62. The maximum absolute atomic E-state index is 14.1. The highest BCUT2D eigenvalue weighted by molar-refractivity contribution is 14.1. The maximum atomic E-state index is 14.1. The average molecular weight is 737 g/mol. The van der Waals surface area contributed by atoms with Gasteiger partial charge in [0.05, 0.1) is 51.8 Å². The number of carboxylic acids is 1. The quantitative estimate of drug-likeness (QED) is 0.216. The second kappa shape index (κ2) is 14.3. The fourth-order valence-corrected chi connectivity index (χ4v) is 6.50. The minimum atomic E-state index is -1.11. The van der Waals surface area contributed by atoms with Crippen molar-refractivity contribution in [3.05, 3.63) is 76.0 Å². The predicted molar refractivity (Wildman–Crippen MR) is 173 cm³/mol. The molecule has 1 N–H and O–H groups in total. The lowest BCUT2D eigenvalue weighted by Crippen LogP contribution is -2.40. The zero-order chi connectivity index (χ0) is 32.1. The van der Waals surface area contributed by atoms with E-state index in [2.05, 4.69) is 4.99 Å². The van der Waals surface area contributed by atoms with Gasteiger partial charge >= 0.3 is 11.9 Å². The number of hydrogen-bond acceptors (Lipinski definition) is 10. The summed E-state index contributed by atoms with van der Waals surface area (Å²) in [5.41, 5.74) is 1.60. The van der Waals surface area contributed by atoms with Gasteiger partial charge in [-0.05, 0) is 98.7 Å². The second-order valence-electron chi connectivity index (χ2n) is 9.82. The van der Waals surface area contributed by atoms with E-state index in [0.29, 0.717) is 59.3 Å². The van der Waals surface area contributed by atoms with E-state index in [-0.39, 0.29) is 23.8 Å². The Kier molecular flexibility index (Phi) is 10.7. The van der Waals surface area contributed by atoms with Gasteiger partial charge in [0.25, 0.3) is 5.56 Å². The van der Waals surface area contributed by atoms with Gasteiger partial charge in [0.2, 0.25) is 0 Å². The van der Waals surface area contributed by atoms with Gasteiger partial charge in [-0.1, -0.05) is 17.4 Å². The van der Waals surface area contributed by atoms with Crippen molar-refractivity contribution in [2.24, 2.45) is 4.99 Å². The molecule has 1 aromatic heterocycles. The third-order valence-electron chi connectivity index (χ3n) is 6.35. The Balaban J connectivity index is 1.90. The fourth-order valence-electron chi connectivity index (χ4n) is 4.67. The highest BCUT2D eigenvalue weighted by Gasteiger charge is 2.34. The first-order valence-corrected chi connectivity index (χ1v) is 15.7. The summed E-state index contributed by atoms with van der Waals surface area (Å²) in [7, 11) is 1.53. The number of methoxy groups -OCH3 is 1. The first-order chi connectivity index (χ1) is 21.0. The molecule has 0 saturated carbocycles. The SMILES string of the molecule is CCOC(=O)C1=C(C)N=c2s/c(=C\c3cc(I)c(OCC(=O)O)c(OCC)c3)c(=O)n2[C@@H]1c1ccc(OC(C)C)c(OC)c1. The lowest BCUT2D eigenvalue weighted by atomic mass is 9.95. The minimum absolute atomic E-state index is 0.0891. The van der Waals surface area contributed by atoms with Crippen LogP contribution in [0.5, 0.6) is 23.0 Å². The molecule has 44 heavy (non-hydrogen) atoms. The van der Waals surface area contributed by atoms with Gasteiger partial charge in [-0.15, -0.1) is 0 Å². The van der Waals surface area contributed by atoms with Gasteiger partial charge in [-0.25, -0.2) is 14.6 Å². The number of fused-ring (bicyclic) bond motifs is 1. The Bertz CT molecular complexity index is 1790. The molecule has 0 saturated heterocycles. The van der Waals surface area contributed by atoms with Crippen molar-refractivity contribution < 1.29 is 38.4 Å². The molecule has 1 aliphatic rings. The van der Waals surface area contributed by atoms with Crippen molar-refractivity contribution in [2.45, 2.75) is 46.8 Å². The van der Waals surface area contributed by atoms with Crippen LogP contribution in [-0.4, -0.2) is 54.6 Å². The topological polar surface area (TPSA) is 135 Å². The Labute approximate surface area is 271 Å². The van der Waals surface area contributed by atoms with Crippen LogP contribution in [0.4, 0.5) is 0 Å². The summed E-state index contributed by atoms with van der Waals surface area (Å²) in [5.74, 6) is -0.0229. The van der Waals surface area contributed by atoms with E-state index >= 15 is 0 Å². The van der Waals surface area contributed by atoms with Crippen LogP contribution in [0.2, 0.25) is 0 Å².